The van der Waals surface area contributed by atoms with Gasteiger partial charge in [0.2, 0.25) is 0 Å². The van der Waals surface area contributed by atoms with Crippen LogP contribution in [0, 0.1) is 5.92 Å². The number of carbonyl (C=O) groups is 2. The third kappa shape index (κ3) is 2.63. The summed E-state index contributed by atoms with van der Waals surface area (Å²) >= 11 is 0. The second-order valence-electron chi connectivity index (χ2n) is 5.33. The summed E-state index contributed by atoms with van der Waals surface area (Å²) in [5.74, 6) is -2.87. The molecular formula is C15H18FNO4. The van der Waals surface area contributed by atoms with E-state index in [4.69, 9.17) is 0 Å². The minimum Gasteiger partial charge on any atom is -0.479 e. The summed E-state index contributed by atoms with van der Waals surface area (Å²) in [6, 6.07) is 8.13. The van der Waals surface area contributed by atoms with Gasteiger partial charge in [-0.1, -0.05) is 25.1 Å². The number of alkyl halides is 1. The number of benzene rings is 1. The van der Waals surface area contributed by atoms with Crippen molar-refractivity contribution in [2.75, 3.05) is 0 Å². The summed E-state index contributed by atoms with van der Waals surface area (Å²) in [6.45, 7) is 1.64. The fourth-order valence-corrected chi connectivity index (χ4v) is 3.01. The van der Waals surface area contributed by atoms with Crippen LogP contribution in [-0.2, 0) is 4.79 Å². The zero-order valence-corrected chi connectivity index (χ0v) is 11.6. The van der Waals surface area contributed by atoms with Gasteiger partial charge in [0.05, 0.1) is 6.10 Å². The molecule has 1 fully saturated rings. The van der Waals surface area contributed by atoms with E-state index in [1.807, 2.05) is 0 Å². The average Bonchev–Trinajstić information content (AvgIpc) is 2.71. The molecule has 1 amide bonds. The van der Waals surface area contributed by atoms with Crippen LogP contribution in [0.2, 0.25) is 0 Å². The highest BCUT2D eigenvalue weighted by Crippen LogP contribution is 2.40. The number of hydrogen-bond acceptors (Lipinski definition) is 3. The zero-order chi connectivity index (χ0) is 15.6. The second kappa shape index (κ2) is 5.81. The molecule has 1 aliphatic carbocycles. The summed E-state index contributed by atoms with van der Waals surface area (Å²) in [5, 5.41) is 21.6. The number of rotatable bonds is 4. The molecule has 21 heavy (non-hydrogen) atoms. The lowest BCUT2D eigenvalue weighted by Gasteiger charge is -2.31. The highest BCUT2D eigenvalue weighted by Gasteiger charge is 2.58. The molecule has 2 rings (SSSR count). The second-order valence-corrected chi connectivity index (χ2v) is 5.33. The van der Waals surface area contributed by atoms with Crippen LogP contribution in [-0.4, -0.2) is 39.9 Å². The van der Waals surface area contributed by atoms with Crippen molar-refractivity contribution < 1.29 is 24.2 Å². The number of nitrogens with one attached hydrogen (secondary N) is 1. The van der Waals surface area contributed by atoms with E-state index < -0.39 is 35.6 Å². The van der Waals surface area contributed by atoms with Crippen molar-refractivity contribution in [1.82, 2.24) is 5.32 Å². The molecular weight excluding hydrogens is 277 g/mol. The van der Waals surface area contributed by atoms with Crippen molar-refractivity contribution in [2.24, 2.45) is 5.92 Å². The minimum absolute atomic E-state index is 0.208. The summed E-state index contributed by atoms with van der Waals surface area (Å²) in [7, 11) is 0. The normalized spacial score (nSPS) is 31.9. The van der Waals surface area contributed by atoms with Crippen LogP contribution in [0.25, 0.3) is 0 Å². The molecule has 1 aromatic rings. The Morgan fingerprint density at radius 1 is 1.38 bits per heavy atom. The SMILES string of the molecule is CCC1C(F)C(O)CC1(NC(=O)c1ccccc1)C(=O)O. The van der Waals surface area contributed by atoms with Gasteiger partial charge in [0.15, 0.2) is 0 Å². The molecule has 0 radical (unpaired) electrons. The maximum Gasteiger partial charge on any atom is 0.329 e. The molecule has 0 heterocycles. The van der Waals surface area contributed by atoms with Crippen LogP contribution in [0.1, 0.15) is 30.1 Å². The zero-order valence-electron chi connectivity index (χ0n) is 11.6. The quantitative estimate of drug-likeness (QED) is 0.783. The van der Waals surface area contributed by atoms with Gasteiger partial charge in [-0.05, 0) is 18.6 Å². The van der Waals surface area contributed by atoms with Gasteiger partial charge in [-0.3, -0.25) is 4.79 Å². The van der Waals surface area contributed by atoms with E-state index in [1.165, 1.54) is 0 Å². The molecule has 0 saturated heterocycles. The predicted molar refractivity (Wildman–Crippen MR) is 73.6 cm³/mol. The number of halogens is 1. The standard InChI is InChI=1S/C15H18FNO4/c1-2-10-12(16)11(18)8-15(10,14(20)21)17-13(19)9-6-4-3-5-7-9/h3-7,10-12,18H,2,8H2,1H3,(H,17,19)(H,20,21). The van der Waals surface area contributed by atoms with E-state index in [2.05, 4.69) is 5.32 Å². The summed E-state index contributed by atoms with van der Waals surface area (Å²) in [5.41, 5.74) is -1.48. The van der Waals surface area contributed by atoms with Gasteiger partial charge in [0.1, 0.15) is 11.7 Å². The summed E-state index contributed by atoms with van der Waals surface area (Å²) in [6.07, 6.45) is -3.18. The number of carboxylic acid groups (broad SMARTS) is 1. The summed E-state index contributed by atoms with van der Waals surface area (Å²) < 4.78 is 14.0. The van der Waals surface area contributed by atoms with Crippen LogP contribution in [0.3, 0.4) is 0 Å². The summed E-state index contributed by atoms with van der Waals surface area (Å²) in [4.78, 5) is 23.9. The topological polar surface area (TPSA) is 86.6 Å². The van der Waals surface area contributed by atoms with E-state index in [9.17, 15) is 24.2 Å². The van der Waals surface area contributed by atoms with Crippen LogP contribution in [0.5, 0.6) is 0 Å². The molecule has 4 atom stereocenters. The maximum atomic E-state index is 14.0. The van der Waals surface area contributed by atoms with Gasteiger partial charge < -0.3 is 15.5 Å². The van der Waals surface area contributed by atoms with E-state index >= 15 is 0 Å². The van der Waals surface area contributed by atoms with Gasteiger partial charge in [-0.25, -0.2) is 9.18 Å². The smallest absolute Gasteiger partial charge is 0.329 e. The first-order valence-electron chi connectivity index (χ1n) is 6.85. The van der Waals surface area contributed by atoms with Gasteiger partial charge in [-0.15, -0.1) is 0 Å². The Balaban J connectivity index is 2.32. The van der Waals surface area contributed by atoms with Crippen LogP contribution < -0.4 is 5.32 Å². The largest absolute Gasteiger partial charge is 0.479 e. The molecule has 6 heteroatoms. The third-order valence-corrected chi connectivity index (χ3v) is 4.11. The Hall–Kier alpha value is -1.95. The number of carbonyl (C=O) groups excluding carboxylic acids is 1. The number of amides is 1. The van der Waals surface area contributed by atoms with Gasteiger partial charge in [0, 0.05) is 17.9 Å². The maximum absolute atomic E-state index is 14.0. The Morgan fingerprint density at radius 2 is 2.00 bits per heavy atom. The van der Waals surface area contributed by atoms with Gasteiger partial charge >= 0.3 is 5.97 Å². The number of aliphatic hydroxyl groups is 1. The fourth-order valence-electron chi connectivity index (χ4n) is 3.01. The lowest BCUT2D eigenvalue weighted by Crippen LogP contribution is -2.58. The first-order chi connectivity index (χ1) is 9.92. The Labute approximate surface area is 121 Å². The Morgan fingerprint density at radius 3 is 2.52 bits per heavy atom. The molecule has 4 unspecified atom stereocenters. The van der Waals surface area contributed by atoms with Gasteiger partial charge in [0.25, 0.3) is 5.91 Å². The van der Waals surface area contributed by atoms with Crippen molar-refractivity contribution in [1.29, 1.82) is 0 Å². The van der Waals surface area contributed by atoms with Crippen molar-refractivity contribution >= 4 is 11.9 Å². The first-order valence-corrected chi connectivity index (χ1v) is 6.85. The van der Waals surface area contributed by atoms with Crippen LogP contribution >= 0.6 is 0 Å². The lowest BCUT2D eigenvalue weighted by atomic mass is 9.84. The Bertz CT molecular complexity index is 536. The number of aliphatic hydroxyl groups excluding tert-OH is 1. The highest BCUT2D eigenvalue weighted by atomic mass is 19.1. The molecule has 114 valence electrons. The molecule has 3 N–H and O–H groups in total. The predicted octanol–water partition coefficient (Wildman–Crippen LogP) is 1.37. The lowest BCUT2D eigenvalue weighted by molar-refractivity contribution is -0.146. The number of hydrogen-bond donors (Lipinski definition) is 3. The van der Waals surface area contributed by atoms with E-state index in [0.29, 0.717) is 5.56 Å². The number of carboxylic acids is 1. The minimum atomic E-state index is -1.78. The van der Waals surface area contributed by atoms with Crippen molar-refractivity contribution in [3.63, 3.8) is 0 Å². The van der Waals surface area contributed by atoms with Crippen molar-refractivity contribution in [2.45, 2.75) is 37.6 Å². The van der Waals surface area contributed by atoms with E-state index in [1.54, 1.807) is 37.3 Å². The highest BCUT2D eigenvalue weighted by molar-refractivity contribution is 5.98. The van der Waals surface area contributed by atoms with Crippen LogP contribution in [0.4, 0.5) is 4.39 Å². The van der Waals surface area contributed by atoms with Crippen molar-refractivity contribution in [3.05, 3.63) is 35.9 Å². The molecule has 0 aromatic heterocycles. The molecule has 0 spiro atoms. The van der Waals surface area contributed by atoms with E-state index in [-0.39, 0.29) is 12.8 Å². The number of aliphatic carboxylic acids is 1. The van der Waals surface area contributed by atoms with E-state index in [0.717, 1.165) is 0 Å². The molecule has 0 bridgehead atoms. The molecule has 1 saturated carbocycles. The fraction of sp³-hybridized carbons (Fsp3) is 0.467. The average molecular weight is 295 g/mol. The van der Waals surface area contributed by atoms with Crippen LogP contribution in [0.15, 0.2) is 30.3 Å². The molecule has 0 aliphatic heterocycles. The molecule has 1 aliphatic rings. The third-order valence-electron chi connectivity index (χ3n) is 4.11. The molecule has 5 nitrogen and oxygen atoms in total. The molecule has 1 aromatic carbocycles. The van der Waals surface area contributed by atoms with Gasteiger partial charge in [-0.2, -0.15) is 0 Å². The first kappa shape index (κ1) is 15.4. The van der Waals surface area contributed by atoms with Crippen molar-refractivity contribution in [3.8, 4) is 0 Å². The Kier molecular flexibility index (Phi) is 4.27. The monoisotopic (exact) mass is 295 g/mol.